The molecule has 0 saturated heterocycles. The zero-order chi connectivity index (χ0) is 17.7. The number of hydrogen-bond donors (Lipinski definition) is 0. The maximum Gasteiger partial charge on any atom is 0.289 e. The van der Waals surface area contributed by atoms with E-state index in [2.05, 4.69) is 59.5 Å². The van der Waals surface area contributed by atoms with E-state index in [-0.39, 0.29) is 0 Å². The van der Waals surface area contributed by atoms with Crippen molar-refractivity contribution < 1.29 is 4.57 Å². The summed E-state index contributed by atoms with van der Waals surface area (Å²) >= 11 is 0. The lowest BCUT2D eigenvalue weighted by atomic mass is 9.83. The third-order valence-electron chi connectivity index (χ3n) is 6.69. The van der Waals surface area contributed by atoms with E-state index in [9.17, 15) is 0 Å². The van der Waals surface area contributed by atoms with Crippen LogP contribution >= 0.6 is 0 Å². The molecule has 0 N–H and O–H groups in total. The van der Waals surface area contributed by atoms with Gasteiger partial charge in [-0.1, -0.05) is 43.5 Å². The predicted molar refractivity (Wildman–Crippen MR) is 107 cm³/mol. The van der Waals surface area contributed by atoms with E-state index >= 15 is 0 Å². The van der Waals surface area contributed by atoms with E-state index in [1.165, 1.54) is 72.9 Å². The minimum Gasteiger partial charge on any atom is -0.226 e. The van der Waals surface area contributed by atoms with E-state index in [1.54, 1.807) is 11.1 Å². The molecule has 1 saturated carbocycles. The van der Waals surface area contributed by atoms with Gasteiger partial charge in [0, 0.05) is 5.56 Å². The average molecular weight is 346 g/mol. The Morgan fingerprint density at radius 2 is 1.81 bits per heavy atom. The van der Waals surface area contributed by atoms with Gasteiger partial charge >= 0.3 is 0 Å². The van der Waals surface area contributed by atoms with Gasteiger partial charge < -0.3 is 0 Å². The normalized spacial score (nSPS) is 17.8. The minimum absolute atomic E-state index is 0.775. The van der Waals surface area contributed by atoms with E-state index < -0.39 is 0 Å². The summed E-state index contributed by atoms with van der Waals surface area (Å²) in [7, 11) is 2.26. The molecule has 0 spiro atoms. The summed E-state index contributed by atoms with van der Waals surface area (Å²) in [6, 6.07) is 13.9. The number of hydrogen-bond acceptors (Lipinski definition) is 0. The molecule has 1 aliphatic carbocycles. The van der Waals surface area contributed by atoms with Crippen LogP contribution in [-0.2, 0) is 20.0 Å². The summed E-state index contributed by atoms with van der Waals surface area (Å²) in [4.78, 5) is 0. The molecule has 2 aromatic carbocycles. The first kappa shape index (κ1) is 16.1. The highest BCUT2D eigenvalue weighted by Gasteiger charge is 2.31. The van der Waals surface area contributed by atoms with Crippen molar-refractivity contribution in [3.63, 3.8) is 0 Å². The number of aryl methyl sites for hydroxylation is 4. The number of aromatic nitrogens is 2. The molecule has 134 valence electrons. The Bertz CT molecular complexity index is 974. The summed E-state index contributed by atoms with van der Waals surface area (Å²) in [6.07, 6.45) is 9.46. The smallest absolute Gasteiger partial charge is 0.226 e. The van der Waals surface area contributed by atoms with E-state index in [0.29, 0.717) is 0 Å². The lowest BCUT2D eigenvalue weighted by molar-refractivity contribution is -0.664. The predicted octanol–water partition coefficient (Wildman–Crippen LogP) is 5.44. The van der Waals surface area contributed by atoms with Crippen LogP contribution in [-0.4, -0.2) is 4.57 Å². The topological polar surface area (TPSA) is 8.81 Å². The molecule has 2 heteroatoms. The first-order chi connectivity index (χ1) is 12.7. The van der Waals surface area contributed by atoms with Crippen LogP contribution in [0.4, 0.5) is 0 Å². The molecule has 2 nitrogen and oxygen atoms in total. The molecule has 0 bridgehead atoms. The van der Waals surface area contributed by atoms with Crippen LogP contribution in [0.5, 0.6) is 0 Å². The Morgan fingerprint density at radius 3 is 2.62 bits per heavy atom. The van der Waals surface area contributed by atoms with Crippen molar-refractivity contribution in [2.45, 2.75) is 64.3 Å². The highest BCUT2D eigenvalue weighted by molar-refractivity contribution is 5.81. The Labute approximate surface area is 156 Å². The molecule has 26 heavy (non-hydrogen) atoms. The molecule has 2 aliphatic rings. The third-order valence-corrected chi connectivity index (χ3v) is 6.69. The molecule has 0 atom stereocenters. The molecule has 0 unspecified atom stereocenters. The van der Waals surface area contributed by atoms with Gasteiger partial charge in [0.05, 0.1) is 19.2 Å². The van der Waals surface area contributed by atoms with Crippen molar-refractivity contribution in [3.05, 3.63) is 53.1 Å². The van der Waals surface area contributed by atoms with Gasteiger partial charge in [-0.15, -0.1) is 0 Å². The van der Waals surface area contributed by atoms with Gasteiger partial charge in [0.15, 0.2) is 11.0 Å². The highest BCUT2D eigenvalue weighted by atomic mass is 15.2. The van der Waals surface area contributed by atoms with Gasteiger partial charge in [0.2, 0.25) is 0 Å². The molecule has 2 heterocycles. The highest BCUT2D eigenvalue weighted by Crippen LogP contribution is 2.37. The number of nitrogens with zero attached hydrogens (tertiary/aromatic N) is 2. The van der Waals surface area contributed by atoms with Crippen LogP contribution in [0.15, 0.2) is 36.4 Å². The number of rotatable bonds is 2. The fourth-order valence-corrected chi connectivity index (χ4v) is 5.33. The van der Waals surface area contributed by atoms with Gasteiger partial charge in [-0.25, -0.2) is 9.13 Å². The summed E-state index contributed by atoms with van der Waals surface area (Å²) < 4.78 is 5.04. The van der Waals surface area contributed by atoms with Crippen LogP contribution in [0.1, 0.15) is 61.1 Å². The van der Waals surface area contributed by atoms with Crippen LogP contribution in [0.2, 0.25) is 0 Å². The van der Waals surface area contributed by atoms with Crippen molar-refractivity contribution in [3.8, 4) is 11.4 Å². The monoisotopic (exact) mass is 345 g/mol. The van der Waals surface area contributed by atoms with E-state index in [4.69, 9.17) is 0 Å². The Morgan fingerprint density at radius 1 is 1.00 bits per heavy atom. The van der Waals surface area contributed by atoms with Crippen LogP contribution in [0.3, 0.4) is 0 Å². The Kier molecular flexibility index (Phi) is 3.88. The number of benzene rings is 2. The van der Waals surface area contributed by atoms with Gasteiger partial charge in [-0.05, 0) is 61.8 Å². The van der Waals surface area contributed by atoms with Gasteiger partial charge in [-0.3, -0.25) is 0 Å². The van der Waals surface area contributed by atoms with E-state index in [1.807, 2.05) is 0 Å². The van der Waals surface area contributed by atoms with Gasteiger partial charge in [0.25, 0.3) is 5.82 Å². The summed E-state index contributed by atoms with van der Waals surface area (Å²) in [5, 5.41) is 0. The van der Waals surface area contributed by atoms with Crippen molar-refractivity contribution in [2.24, 2.45) is 7.05 Å². The first-order valence-electron chi connectivity index (χ1n) is 10.3. The first-order valence-corrected chi connectivity index (χ1v) is 10.3. The average Bonchev–Trinajstić information content (AvgIpc) is 2.96. The van der Waals surface area contributed by atoms with E-state index in [0.717, 1.165) is 12.5 Å². The van der Waals surface area contributed by atoms with Crippen LogP contribution < -0.4 is 4.57 Å². The zero-order valence-corrected chi connectivity index (χ0v) is 16.1. The second-order valence-electron chi connectivity index (χ2n) is 8.34. The largest absolute Gasteiger partial charge is 0.289 e. The Balaban J connectivity index is 1.75. The molecule has 5 rings (SSSR count). The molecule has 1 aromatic heterocycles. The Hall–Kier alpha value is -2.09. The van der Waals surface area contributed by atoms with Crippen LogP contribution in [0, 0.1) is 6.92 Å². The van der Waals surface area contributed by atoms with Crippen molar-refractivity contribution in [1.82, 2.24) is 4.57 Å². The second-order valence-corrected chi connectivity index (χ2v) is 8.34. The second kappa shape index (κ2) is 6.26. The van der Waals surface area contributed by atoms with Gasteiger partial charge in [-0.2, -0.15) is 0 Å². The lowest BCUT2D eigenvalue weighted by Gasteiger charge is -2.23. The maximum absolute atomic E-state index is 2.58. The standard InChI is InChI=1S/C24H29N2/c1-17-9-6-7-13-21(17)24-25(2)22-16-20(18-10-4-3-5-11-18)15-19-12-8-14-26(24)23(19)22/h6-7,9,13,15-16,18H,3-5,8,10-12,14H2,1-2H3/q+1. The lowest BCUT2D eigenvalue weighted by Crippen LogP contribution is -2.39. The SMILES string of the molecule is Cc1ccccc1-c1n(C)c2cc(C3CCCCC3)cc3c2[n+]1CCC3. The molecular weight excluding hydrogens is 316 g/mol. The van der Waals surface area contributed by atoms with Crippen molar-refractivity contribution in [2.75, 3.05) is 0 Å². The third kappa shape index (κ3) is 2.42. The summed E-state index contributed by atoms with van der Waals surface area (Å²) in [5.41, 5.74) is 8.82. The maximum atomic E-state index is 2.58. The fourth-order valence-electron chi connectivity index (χ4n) is 5.33. The molecule has 1 fully saturated rings. The molecule has 3 aromatic rings. The molecule has 1 aliphatic heterocycles. The van der Waals surface area contributed by atoms with Crippen molar-refractivity contribution in [1.29, 1.82) is 0 Å². The molecule has 0 radical (unpaired) electrons. The number of imidazole rings is 1. The molecule has 0 amide bonds. The minimum atomic E-state index is 0.775. The van der Waals surface area contributed by atoms with Crippen LogP contribution in [0.25, 0.3) is 22.4 Å². The van der Waals surface area contributed by atoms with Gasteiger partial charge in [0.1, 0.15) is 0 Å². The van der Waals surface area contributed by atoms with Crippen molar-refractivity contribution >= 4 is 11.0 Å². The fraction of sp³-hybridized carbons (Fsp3) is 0.458. The molecular formula is C24H29N2+. The zero-order valence-electron chi connectivity index (χ0n) is 16.1. The quantitative estimate of drug-likeness (QED) is 0.547. The summed E-state index contributed by atoms with van der Waals surface area (Å²) in [5.74, 6) is 2.15. The summed E-state index contributed by atoms with van der Waals surface area (Å²) in [6.45, 7) is 3.37.